The van der Waals surface area contributed by atoms with Gasteiger partial charge in [0, 0.05) is 31.4 Å². The van der Waals surface area contributed by atoms with Crippen molar-refractivity contribution in [3.8, 4) is 0 Å². The van der Waals surface area contributed by atoms with Gasteiger partial charge >= 0.3 is 0 Å². The number of pyridine rings is 1. The fourth-order valence-electron chi connectivity index (χ4n) is 2.72. The molecule has 120 valence electrons. The summed E-state index contributed by atoms with van der Waals surface area (Å²) in [6.45, 7) is 2.53. The number of carbonyl (C=O) groups excluding carboxylic acids is 1. The molecule has 0 aliphatic carbocycles. The van der Waals surface area contributed by atoms with Crippen molar-refractivity contribution in [2.75, 3.05) is 18.0 Å². The first-order chi connectivity index (χ1) is 11.2. The predicted octanol–water partition coefficient (Wildman–Crippen LogP) is 3.14. The second-order valence-electron chi connectivity index (χ2n) is 5.76. The molecular formula is C18H20FN3O. The lowest BCUT2D eigenvalue weighted by atomic mass is 10.1. The zero-order valence-electron chi connectivity index (χ0n) is 13.0. The molecule has 0 spiro atoms. The number of amides is 1. The van der Waals surface area contributed by atoms with Gasteiger partial charge in [-0.2, -0.15) is 0 Å². The van der Waals surface area contributed by atoms with Crippen LogP contribution in [0.1, 0.15) is 35.2 Å². The van der Waals surface area contributed by atoms with E-state index in [0.29, 0.717) is 12.1 Å². The topological polar surface area (TPSA) is 45.2 Å². The number of piperidine rings is 1. The third-order valence-electron chi connectivity index (χ3n) is 4.05. The molecule has 0 radical (unpaired) electrons. The minimum Gasteiger partial charge on any atom is -0.357 e. The first kappa shape index (κ1) is 15.5. The lowest BCUT2D eigenvalue weighted by Crippen LogP contribution is -2.30. The number of nitrogens with zero attached hydrogens (tertiary/aromatic N) is 2. The monoisotopic (exact) mass is 313 g/mol. The van der Waals surface area contributed by atoms with E-state index < -0.39 is 0 Å². The molecule has 5 heteroatoms. The van der Waals surface area contributed by atoms with Gasteiger partial charge in [-0.15, -0.1) is 0 Å². The Morgan fingerprint density at radius 1 is 1.09 bits per heavy atom. The number of hydrogen-bond donors (Lipinski definition) is 1. The van der Waals surface area contributed by atoms with Crippen molar-refractivity contribution in [3.05, 3.63) is 59.5 Å². The Bertz CT molecular complexity index is 649. The smallest absolute Gasteiger partial charge is 0.251 e. The molecule has 1 N–H and O–H groups in total. The number of rotatable bonds is 4. The molecule has 1 amide bonds. The summed E-state index contributed by atoms with van der Waals surface area (Å²) in [5.74, 6) is 0.433. The summed E-state index contributed by atoms with van der Waals surface area (Å²) < 4.78 is 12.8. The van der Waals surface area contributed by atoms with Crippen molar-refractivity contribution < 1.29 is 9.18 Å². The Morgan fingerprint density at radius 2 is 1.83 bits per heavy atom. The van der Waals surface area contributed by atoms with E-state index in [4.69, 9.17) is 0 Å². The van der Waals surface area contributed by atoms with E-state index in [1.807, 2.05) is 12.1 Å². The molecule has 1 aromatic heterocycles. The van der Waals surface area contributed by atoms with Gasteiger partial charge in [-0.25, -0.2) is 9.37 Å². The third kappa shape index (κ3) is 4.06. The van der Waals surface area contributed by atoms with Crippen molar-refractivity contribution in [3.63, 3.8) is 0 Å². The van der Waals surface area contributed by atoms with Gasteiger partial charge in [0.25, 0.3) is 5.91 Å². The largest absolute Gasteiger partial charge is 0.357 e. The molecule has 1 saturated heterocycles. The maximum atomic E-state index is 12.8. The van der Waals surface area contributed by atoms with Crippen molar-refractivity contribution in [1.82, 2.24) is 10.3 Å². The quantitative estimate of drug-likeness (QED) is 0.943. The Hall–Kier alpha value is -2.43. The lowest BCUT2D eigenvalue weighted by Gasteiger charge is -2.27. The number of carbonyl (C=O) groups is 1. The Kier molecular flexibility index (Phi) is 4.86. The van der Waals surface area contributed by atoms with Crippen molar-refractivity contribution in [2.45, 2.75) is 25.8 Å². The van der Waals surface area contributed by atoms with Crippen LogP contribution in [-0.4, -0.2) is 24.0 Å². The van der Waals surface area contributed by atoms with E-state index in [0.717, 1.165) is 24.5 Å². The van der Waals surface area contributed by atoms with Crippen LogP contribution in [0.5, 0.6) is 0 Å². The lowest BCUT2D eigenvalue weighted by molar-refractivity contribution is 0.0951. The maximum absolute atomic E-state index is 12.8. The van der Waals surface area contributed by atoms with E-state index >= 15 is 0 Å². The minimum atomic E-state index is -0.348. The van der Waals surface area contributed by atoms with Crippen LogP contribution >= 0.6 is 0 Å². The molecule has 0 atom stereocenters. The SMILES string of the molecule is O=C(NCc1ccc(N2CCCCC2)nc1)c1ccc(F)cc1. The maximum Gasteiger partial charge on any atom is 0.251 e. The number of anilines is 1. The van der Waals surface area contributed by atoms with E-state index in [1.165, 1.54) is 43.5 Å². The van der Waals surface area contributed by atoms with Crippen molar-refractivity contribution in [1.29, 1.82) is 0 Å². The molecule has 1 fully saturated rings. The highest BCUT2D eigenvalue weighted by Gasteiger charge is 2.12. The van der Waals surface area contributed by atoms with Gasteiger partial charge in [-0.1, -0.05) is 6.07 Å². The summed E-state index contributed by atoms with van der Waals surface area (Å²) in [5, 5.41) is 2.82. The second-order valence-corrected chi connectivity index (χ2v) is 5.76. The number of benzene rings is 1. The average molecular weight is 313 g/mol. The van der Waals surface area contributed by atoms with Crippen LogP contribution < -0.4 is 10.2 Å². The van der Waals surface area contributed by atoms with E-state index in [-0.39, 0.29) is 11.7 Å². The van der Waals surface area contributed by atoms with Crippen LogP contribution in [0.4, 0.5) is 10.2 Å². The molecule has 23 heavy (non-hydrogen) atoms. The molecule has 4 nitrogen and oxygen atoms in total. The van der Waals surface area contributed by atoms with Crippen molar-refractivity contribution >= 4 is 11.7 Å². The molecule has 1 aliphatic rings. The summed E-state index contributed by atoms with van der Waals surface area (Å²) >= 11 is 0. The summed E-state index contributed by atoms with van der Waals surface area (Å²) in [6, 6.07) is 9.51. The standard InChI is InChI=1S/C18H20FN3O/c19-16-7-5-15(6-8-16)18(23)21-13-14-4-9-17(20-12-14)22-10-2-1-3-11-22/h4-9,12H,1-3,10-11,13H2,(H,21,23). The second kappa shape index (κ2) is 7.22. The predicted molar refractivity (Wildman–Crippen MR) is 87.9 cm³/mol. The van der Waals surface area contributed by atoms with Crippen LogP contribution in [-0.2, 0) is 6.54 Å². The first-order valence-corrected chi connectivity index (χ1v) is 7.96. The molecular weight excluding hydrogens is 293 g/mol. The van der Waals surface area contributed by atoms with Crippen molar-refractivity contribution in [2.24, 2.45) is 0 Å². The van der Waals surface area contributed by atoms with Gasteiger partial charge in [0.15, 0.2) is 0 Å². The molecule has 2 aromatic rings. The van der Waals surface area contributed by atoms with Gasteiger partial charge in [0.2, 0.25) is 0 Å². The summed E-state index contributed by atoms with van der Waals surface area (Å²) in [5.41, 5.74) is 1.39. The molecule has 1 aliphatic heterocycles. The van der Waals surface area contributed by atoms with Gasteiger partial charge in [0.05, 0.1) is 0 Å². The third-order valence-corrected chi connectivity index (χ3v) is 4.05. The zero-order valence-corrected chi connectivity index (χ0v) is 13.0. The molecule has 0 bridgehead atoms. The van der Waals surface area contributed by atoms with Crippen LogP contribution in [0.2, 0.25) is 0 Å². The van der Waals surface area contributed by atoms with Crippen LogP contribution in [0.25, 0.3) is 0 Å². The zero-order chi connectivity index (χ0) is 16.1. The van der Waals surface area contributed by atoms with Gasteiger partial charge < -0.3 is 10.2 Å². The Balaban J connectivity index is 1.55. The Labute approximate surface area is 135 Å². The molecule has 3 rings (SSSR count). The van der Waals surface area contributed by atoms with Crippen LogP contribution in [0.3, 0.4) is 0 Å². The molecule has 0 unspecified atom stereocenters. The number of hydrogen-bond acceptors (Lipinski definition) is 3. The average Bonchev–Trinajstić information content (AvgIpc) is 2.61. The number of aromatic nitrogens is 1. The highest BCUT2D eigenvalue weighted by Crippen LogP contribution is 2.17. The van der Waals surface area contributed by atoms with Gasteiger partial charge in [0.1, 0.15) is 11.6 Å². The summed E-state index contributed by atoms with van der Waals surface area (Å²) in [4.78, 5) is 18.8. The molecule has 2 heterocycles. The summed E-state index contributed by atoms with van der Waals surface area (Å²) in [6.07, 6.45) is 5.53. The fourth-order valence-corrected chi connectivity index (χ4v) is 2.72. The normalized spacial score (nSPS) is 14.6. The first-order valence-electron chi connectivity index (χ1n) is 7.96. The Morgan fingerprint density at radius 3 is 2.48 bits per heavy atom. The highest BCUT2D eigenvalue weighted by atomic mass is 19.1. The number of halogens is 1. The van der Waals surface area contributed by atoms with E-state index in [1.54, 1.807) is 6.20 Å². The van der Waals surface area contributed by atoms with Gasteiger partial charge in [-0.3, -0.25) is 4.79 Å². The van der Waals surface area contributed by atoms with Crippen LogP contribution in [0.15, 0.2) is 42.6 Å². The molecule has 0 saturated carbocycles. The highest BCUT2D eigenvalue weighted by molar-refractivity contribution is 5.94. The van der Waals surface area contributed by atoms with Crippen LogP contribution in [0, 0.1) is 5.82 Å². The van der Waals surface area contributed by atoms with E-state index in [9.17, 15) is 9.18 Å². The minimum absolute atomic E-state index is 0.217. The van der Waals surface area contributed by atoms with E-state index in [2.05, 4.69) is 15.2 Å². The molecule has 1 aromatic carbocycles. The fraction of sp³-hybridized carbons (Fsp3) is 0.333. The number of nitrogens with one attached hydrogen (secondary N) is 1. The summed E-state index contributed by atoms with van der Waals surface area (Å²) in [7, 11) is 0. The van der Waals surface area contributed by atoms with Gasteiger partial charge in [-0.05, 0) is 55.2 Å².